The van der Waals surface area contributed by atoms with E-state index in [2.05, 4.69) is 0 Å². The van der Waals surface area contributed by atoms with Crippen molar-refractivity contribution < 1.29 is 19.8 Å². The van der Waals surface area contributed by atoms with Crippen LogP contribution in [0.25, 0.3) is 0 Å². The number of rotatable bonds is 7. The minimum Gasteiger partial charge on any atom is -0.481 e. The van der Waals surface area contributed by atoms with E-state index in [1.165, 1.54) is 0 Å². The molecular weight excluding hydrogens is 258 g/mol. The van der Waals surface area contributed by atoms with Gasteiger partial charge in [-0.3, -0.25) is 9.59 Å². The van der Waals surface area contributed by atoms with E-state index < -0.39 is 17.0 Å². The Morgan fingerprint density at radius 1 is 1.25 bits per heavy atom. The first kappa shape index (κ1) is 17.0. The number of amides is 1. The first-order valence-corrected chi connectivity index (χ1v) is 7.50. The van der Waals surface area contributed by atoms with Crippen LogP contribution >= 0.6 is 0 Å². The molecule has 1 atom stereocenters. The van der Waals surface area contributed by atoms with Gasteiger partial charge in [0.05, 0.1) is 17.4 Å². The minimum absolute atomic E-state index is 0.102. The van der Waals surface area contributed by atoms with Gasteiger partial charge >= 0.3 is 5.97 Å². The van der Waals surface area contributed by atoms with Gasteiger partial charge in [-0.25, -0.2) is 0 Å². The Bertz CT molecular complexity index is 363. The van der Waals surface area contributed by atoms with Crippen LogP contribution in [-0.2, 0) is 9.59 Å². The Hall–Kier alpha value is -1.10. The van der Waals surface area contributed by atoms with Gasteiger partial charge in [-0.1, -0.05) is 26.7 Å². The predicted molar refractivity (Wildman–Crippen MR) is 76.3 cm³/mol. The van der Waals surface area contributed by atoms with E-state index >= 15 is 0 Å². The Labute approximate surface area is 121 Å². The lowest BCUT2D eigenvalue weighted by molar-refractivity contribution is -0.147. The predicted octanol–water partition coefficient (Wildman–Crippen LogP) is 2.03. The number of hydrogen-bond donors (Lipinski definition) is 2. The maximum Gasteiger partial charge on any atom is 0.311 e. The number of carbonyl (C=O) groups excluding carboxylic acids is 1. The SMILES string of the molecule is CCCC(O)(CCC)CC(=O)N1CCC(C)(C(=O)O)C1. The van der Waals surface area contributed by atoms with Crippen LogP contribution in [0.4, 0.5) is 0 Å². The maximum atomic E-state index is 12.3. The molecule has 1 heterocycles. The minimum atomic E-state index is -0.942. The molecule has 0 spiro atoms. The highest BCUT2D eigenvalue weighted by molar-refractivity contribution is 5.81. The normalized spacial score (nSPS) is 23.1. The standard InChI is InChI=1S/C15H27NO4/c1-4-6-15(20,7-5-2)10-12(17)16-9-8-14(3,11-16)13(18)19/h20H,4-11H2,1-3H3,(H,18,19). The summed E-state index contributed by atoms with van der Waals surface area (Å²) in [5, 5.41) is 19.7. The molecule has 1 fully saturated rings. The summed E-state index contributed by atoms with van der Waals surface area (Å²) in [6.07, 6.45) is 3.46. The Balaban J connectivity index is 2.65. The molecule has 0 aliphatic carbocycles. The van der Waals surface area contributed by atoms with Crippen molar-refractivity contribution in [1.29, 1.82) is 0 Å². The molecule has 5 nitrogen and oxygen atoms in total. The monoisotopic (exact) mass is 285 g/mol. The molecule has 5 heteroatoms. The molecule has 1 amide bonds. The zero-order valence-corrected chi connectivity index (χ0v) is 12.8. The summed E-state index contributed by atoms with van der Waals surface area (Å²) >= 11 is 0. The quantitative estimate of drug-likeness (QED) is 0.750. The van der Waals surface area contributed by atoms with E-state index in [1.54, 1.807) is 11.8 Å². The number of likely N-dealkylation sites (tertiary alicyclic amines) is 1. The van der Waals surface area contributed by atoms with Gasteiger partial charge in [0.2, 0.25) is 5.91 Å². The van der Waals surface area contributed by atoms with Crippen LogP contribution in [0.1, 0.15) is 59.3 Å². The van der Waals surface area contributed by atoms with Gasteiger partial charge in [0, 0.05) is 13.1 Å². The fourth-order valence-electron chi connectivity index (χ4n) is 2.97. The first-order chi connectivity index (χ1) is 9.26. The molecular formula is C15H27NO4. The van der Waals surface area contributed by atoms with Crippen LogP contribution in [0.15, 0.2) is 0 Å². The number of carbonyl (C=O) groups is 2. The zero-order valence-electron chi connectivity index (χ0n) is 12.8. The summed E-state index contributed by atoms with van der Waals surface area (Å²) in [5.74, 6) is -0.982. The van der Waals surface area contributed by atoms with Crippen LogP contribution in [-0.4, -0.2) is 45.7 Å². The summed E-state index contributed by atoms with van der Waals surface area (Å²) < 4.78 is 0. The number of carboxylic acids is 1. The smallest absolute Gasteiger partial charge is 0.311 e. The lowest BCUT2D eigenvalue weighted by Gasteiger charge is -2.29. The van der Waals surface area contributed by atoms with Gasteiger partial charge < -0.3 is 15.1 Å². The lowest BCUT2D eigenvalue weighted by atomic mass is 9.88. The third kappa shape index (κ3) is 3.95. The Morgan fingerprint density at radius 3 is 2.20 bits per heavy atom. The highest BCUT2D eigenvalue weighted by Gasteiger charge is 2.43. The van der Waals surface area contributed by atoms with Crippen molar-refractivity contribution in [2.24, 2.45) is 5.41 Å². The Kier molecular flexibility index (Phi) is 5.57. The molecule has 1 aliphatic heterocycles. The summed E-state index contributed by atoms with van der Waals surface area (Å²) in [6, 6.07) is 0. The number of aliphatic carboxylic acids is 1. The topological polar surface area (TPSA) is 77.8 Å². The molecule has 0 aromatic heterocycles. The molecule has 1 rings (SSSR count). The van der Waals surface area contributed by atoms with Crippen molar-refractivity contribution in [3.63, 3.8) is 0 Å². The second-order valence-corrected chi connectivity index (χ2v) is 6.33. The highest BCUT2D eigenvalue weighted by atomic mass is 16.4. The largest absolute Gasteiger partial charge is 0.481 e. The molecule has 0 radical (unpaired) electrons. The fraction of sp³-hybridized carbons (Fsp3) is 0.867. The average Bonchev–Trinajstić information content (AvgIpc) is 2.74. The molecule has 2 N–H and O–H groups in total. The average molecular weight is 285 g/mol. The molecule has 0 saturated carbocycles. The van der Waals surface area contributed by atoms with Gasteiger partial charge in [-0.15, -0.1) is 0 Å². The van der Waals surface area contributed by atoms with Crippen LogP contribution in [0, 0.1) is 5.41 Å². The van der Waals surface area contributed by atoms with Crippen molar-refractivity contribution in [3.05, 3.63) is 0 Å². The molecule has 0 aromatic rings. The number of hydrogen-bond acceptors (Lipinski definition) is 3. The van der Waals surface area contributed by atoms with Gasteiger partial charge in [0.25, 0.3) is 0 Å². The molecule has 116 valence electrons. The molecule has 20 heavy (non-hydrogen) atoms. The molecule has 0 bridgehead atoms. The third-order valence-corrected chi connectivity index (χ3v) is 4.25. The molecule has 1 aliphatic rings. The van der Waals surface area contributed by atoms with Crippen LogP contribution in [0.3, 0.4) is 0 Å². The van der Waals surface area contributed by atoms with Crippen LogP contribution < -0.4 is 0 Å². The summed E-state index contributed by atoms with van der Waals surface area (Å²) in [7, 11) is 0. The van der Waals surface area contributed by atoms with E-state index in [9.17, 15) is 19.8 Å². The van der Waals surface area contributed by atoms with E-state index in [-0.39, 0.29) is 18.9 Å². The number of aliphatic hydroxyl groups is 1. The van der Waals surface area contributed by atoms with Gasteiger partial charge in [0.15, 0.2) is 0 Å². The molecule has 1 unspecified atom stereocenters. The van der Waals surface area contributed by atoms with Crippen LogP contribution in [0.2, 0.25) is 0 Å². The zero-order chi connectivity index (χ0) is 15.4. The van der Waals surface area contributed by atoms with E-state index in [0.29, 0.717) is 25.8 Å². The summed E-state index contributed by atoms with van der Waals surface area (Å²) in [5.41, 5.74) is -1.79. The van der Waals surface area contributed by atoms with Gasteiger partial charge in [-0.2, -0.15) is 0 Å². The number of carboxylic acid groups (broad SMARTS) is 1. The Morgan fingerprint density at radius 2 is 1.80 bits per heavy atom. The summed E-state index contributed by atoms with van der Waals surface area (Å²) in [4.78, 5) is 25.1. The second kappa shape index (κ2) is 6.57. The van der Waals surface area contributed by atoms with E-state index in [4.69, 9.17) is 0 Å². The van der Waals surface area contributed by atoms with E-state index in [1.807, 2.05) is 13.8 Å². The van der Waals surface area contributed by atoms with Gasteiger partial charge in [0.1, 0.15) is 0 Å². The van der Waals surface area contributed by atoms with Crippen molar-refractivity contribution >= 4 is 11.9 Å². The van der Waals surface area contributed by atoms with Crippen molar-refractivity contribution in [1.82, 2.24) is 4.90 Å². The lowest BCUT2D eigenvalue weighted by Crippen LogP contribution is -2.40. The van der Waals surface area contributed by atoms with E-state index in [0.717, 1.165) is 12.8 Å². The summed E-state index contributed by atoms with van der Waals surface area (Å²) in [6.45, 7) is 6.36. The van der Waals surface area contributed by atoms with Crippen molar-refractivity contribution in [2.75, 3.05) is 13.1 Å². The highest BCUT2D eigenvalue weighted by Crippen LogP contribution is 2.32. The van der Waals surface area contributed by atoms with Crippen molar-refractivity contribution in [2.45, 2.75) is 64.9 Å². The fourth-order valence-corrected chi connectivity index (χ4v) is 2.97. The van der Waals surface area contributed by atoms with Crippen molar-refractivity contribution in [3.8, 4) is 0 Å². The van der Waals surface area contributed by atoms with Crippen LogP contribution in [0.5, 0.6) is 0 Å². The maximum absolute atomic E-state index is 12.3. The number of nitrogens with zero attached hydrogens (tertiary/aromatic N) is 1. The third-order valence-electron chi connectivity index (χ3n) is 4.25. The second-order valence-electron chi connectivity index (χ2n) is 6.33. The first-order valence-electron chi connectivity index (χ1n) is 7.50. The van der Waals surface area contributed by atoms with Gasteiger partial charge in [-0.05, 0) is 26.2 Å². The molecule has 1 saturated heterocycles. The molecule has 0 aromatic carbocycles.